The van der Waals surface area contributed by atoms with Crippen molar-refractivity contribution in [3.05, 3.63) is 30.1 Å². The summed E-state index contributed by atoms with van der Waals surface area (Å²) in [5.74, 6) is 1.21. The van der Waals surface area contributed by atoms with Crippen LogP contribution in [0.2, 0.25) is 0 Å². The molecule has 2 aromatic rings. The van der Waals surface area contributed by atoms with Gasteiger partial charge in [-0.2, -0.15) is 0 Å². The van der Waals surface area contributed by atoms with E-state index in [0.29, 0.717) is 18.4 Å². The van der Waals surface area contributed by atoms with Gasteiger partial charge in [0.2, 0.25) is 5.13 Å². The zero-order valence-electron chi connectivity index (χ0n) is 10.7. The molecular weight excluding hydrogens is 297 g/mol. The Hall–Kier alpha value is -1.34. The van der Waals surface area contributed by atoms with Crippen LogP contribution in [0.1, 0.15) is 12.8 Å². The molecule has 3 rings (SSSR count). The smallest absolute Gasteiger partial charge is 0.206 e. The number of ether oxygens (including phenoxy) is 1. The first-order valence-corrected chi connectivity index (χ1v) is 8.21. The van der Waals surface area contributed by atoms with E-state index < -0.39 is 0 Å². The predicted molar refractivity (Wildman–Crippen MR) is 79.2 cm³/mol. The fraction of sp³-hybridized carbons (Fsp3) is 0.385. The molecule has 0 amide bonds. The van der Waals surface area contributed by atoms with Crippen molar-refractivity contribution in [2.24, 2.45) is 0 Å². The van der Waals surface area contributed by atoms with Gasteiger partial charge in [-0.05, 0) is 37.1 Å². The summed E-state index contributed by atoms with van der Waals surface area (Å²) in [5, 5.41) is 12.4. The van der Waals surface area contributed by atoms with Crippen LogP contribution in [0.3, 0.4) is 0 Å². The molecule has 1 fully saturated rings. The molecule has 1 aromatic carbocycles. The lowest BCUT2D eigenvalue weighted by molar-refractivity contribution is 0.343. The number of thioether (sulfide) groups is 1. The maximum atomic E-state index is 12.7. The first kappa shape index (κ1) is 13.6. The van der Waals surface area contributed by atoms with Gasteiger partial charge in [-0.15, -0.1) is 10.2 Å². The third-order valence-corrected chi connectivity index (χ3v) is 4.65. The van der Waals surface area contributed by atoms with Crippen LogP contribution >= 0.6 is 23.1 Å². The maximum absolute atomic E-state index is 12.7. The molecule has 106 valence electrons. The van der Waals surface area contributed by atoms with Crippen molar-refractivity contribution in [1.29, 1.82) is 0 Å². The topological polar surface area (TPSA) is 47.0 Å². The maximum Gasteiger partial charge on any atom is 0.206 e. The van der Waals surface area contributed by atoms with Crippen molar-refractivity contribution in [3.8, 4) is 5.75 Å². The molecule has 7 heteroatoms. The molecule has 1 heterocycles. The quantitative estimate of drug-likeness (QED) is 0.627. The molecule has 0 radical (unpaired) electrons. The van der Waals surface area contributed by atoms with E-state index in [1.165, 1.54) is 25.0 Å². The first-order chi connectivity index (χ1) is 9.79. The fourth-order valence-electron chi connectivity index (χ4n) is 1.55. The van der Waals surface area contributed by atoms with Crippen LogP contribution in [0.25, 0.3) is 0 Å². The molecule has 0 spiro atoms. The summed E-state index contributed by atoms with van der Waals surface area (Å²) in [6.07, 6.45) is 2.46. The summed E-state index contributed by atoms with van der Waals surface area (Å²) in [7, 11) is 0. The second kappa shape index (κ2) is 6.41. The van der Waals surface area contributed by atoms with Gasteiger partial charge < -0.3 is 10.1 Å². The third-order valence-electron chi connectivity index (χ3n) is 2.70. The number of aromatic nitrogens is 2. The van der Waals surface area contributed by atoms with Gasteiger partial charge in [0.25, 0.3) is 0 Å². The highest BCUT2D eigenvalue weighted by Gasteiger charge is 2.22. The molecule has 0 unspecified atom stereocenters. The number of halogens is 1. The Kier molecular flexibility index (Phi) is 4.37. The van der Waals surface area contributed by atoms with Gasteiger partial charge in [0.1, 0.15) is 11.6 Å². The summed E-state index contributed by atoms with van der Waals surface area (Å²) in [6.45, 7) is 0.557. The minimum absolute atomic E-state index is 0.253. The molecule has 20 heavy (non-hydrogen) atoms. The van der Waals surface area contributed by atoms with E-state index in [-0.39, 0.29) is 5.82 Å². The number of nitrogens with zero attached hydrogens (tertiary/aromatic N) is 2. The lowest BCUT2D eigenvalue weighted by Gasteiger charge is -2.04. The van der Waals surface area contributed by atoms with Gasteiger partial charge in [0.15, 0.2) is 4.34 Å². The van der Waals surface area contributed by atoms with Crippen LogP contribution in [-0.4, -0.2) is 28.6 Å². The number of hydrogen-bond acceptors (Lipinski definition) is 6. The highest BCUT2D eigenvalue weighted by molar-refractivity contribution is 8.01. The van der Waals surface area contributed by atoms with Crippen LogP contribution in [0.5, 0.6) is 5.75 Å². The summed E-state index contributed by atoms with van der Waals surface area (Å²) in [4.78, 5) is 0. The lowest BCUT2D eigenvalue weighted by Crippen LogP contribution is -1.99. The Morgan fingerprint density at radius 3 is 2.85 bits per heavy atom. The van der Waals surface area contributed by atoms with E-state index in [0.717, 1.165) is 15.2 Å². The van der Waals surface area contributed by atoms with Crippen molar-refractivity contribution in [2.45, 2.75) is 23.2 Å². The molecule has 0 aliphatic heterocycles. The molecule has 0 atom stereocenters. The van der Waals surface area contributed by atoms with Crippen LogP contribution in [-0.2, 0) is 0 Å². The van der Waals surface area contributed by atoms with Gasteiger partial charge in [-0.1, -0.05) is 23.1 Å². The van der Waals surface area contributed by atoms with Crippen LogP contribution in [0.4, 0.5) is 9.52 Å². The van der Waals surface area contributed by atoms with E-state index in [4.69, 9.17) is 4.74 Å². The summed E-state index contributed by atoms with van der Waals surface area (Å²) >= 11 is 3.19. The number of nitrogens with one attached hydrogen (secondary N) is 1. The van der Waals surface area contributed by atoms with E-state index in [2.05, 4.69) is 15.5 Å². The second-order valence-electron chi connectivity index (χ2n) is 4.44. The van der Waals surface area contributed by atoms with E-state index >= 15 is 0 Å². The first-order valence-electron chi connectivity index (χ1n) is 6.41. The Morgan fingerprint density at radius 2 is 2.10 bits per heavy atom. The Morgan fingerprint density at radius 1 is 1.30 bits per heavy atom. The molecule has 1 N–H and O–H groups in total. The minimum atomic E-state index is -0.253. The standard InChI is InChI=1S/C13H14FN3OS2/c14-9-1-5-11(6-2-9)18-7-8-19-13-17-16-12(20-13)15-10-3-4-10/h1-2,5-6,10H,3-4,7-8H2,(H,15,16). The van der Waals surface area contributed by atoms with Gasteiger partial charge in [-0.3, -0.25) is 0 Å². The van der Waals surface area contributed by atoms with Gasteiger partial charge in [-0.25, -0.2) is 4.39 Å². The second-order valence-corrected chi connectivity index (χ2v) is 6.76. The van der Waals surface area contributed by atoms with E-state index in [9.17, 15) is 4.39 Å². The summed E-state index contributed by atoms with van der Waals surface area (Å²) < 4.78 is 19.2. The Labute approximate surface area is 124 Å². The monoisotopic (exact) mass is 311 g/mol. The molecule has 1 aliphatic rings. The van der Waals surface area contributed by atoms with Crippen LogP contribution in [0, 0.1) is 5.82 Å². The summed E-state index contributed by atoms with van der Waals surface area (Å²) in [5.41, 5.74) is 0. The van der Waals surface area contributed by atoms with Crippen molar-refractivity contribution < 1.29 is 9.13 Å². The van der Waals surface area contributed by atoms with Crippen molar-refractivity contribution in [1.82, 2.24) is 10.2 Å². The molecule has 4 nitrogen and oxygen atoms in total. The van der Waals surface area contributed by atoms with E-state index in [1.807, 2.05) is 0 Å². The van der Waals surface area contributed by atoms with E-state index in [1.54, 1.807) is 35.2 Å². The number of benzene rings is 1. The molecule has 1 aliphatic carbocycles. The molecular formula is C13H14FN3OS2. The predicted octanol–water partition coefficient (Wildman–Crippen LogP) is 3.42. The highest BCUT2D eigenvalue weighted by atomic mass is 32.2. The van der Waals surface area contributed by atoms with Gasteiger partial charge in [0, 0.05) is 11.8 Å². The fourth-order valence-corrected chi connectivity index (χ4v) is 3.26. The largest absolute Gasteiger partial charge is 0.493 e. The molecule has 0 bridgehead atoms. The zero-order chi connectivity index (χ0) is 13.8. The highest BCUT2D eigenvalue weighted by Crippen LogP contribution is 2.30. The molecule has 0 saturated heterocycles. The van der Waals surface area contributed by atoms with Crippen LogP contribution < -0.4 is 10.1 Å². The van der Waals surface area contributed by atoms with Crippen molar-refractivity contribution in [2.75, 3.05) is 17.7 Å². The molecule has 1 aromatic heterocycles. The average Bonchev–Trinajstić information content (AvgIpc) is 3.15. The van der Waals surface area contributed by atoms with Crippen LogP contribution in [0.15, 0.2) is 28.6 Å². The van der Waals surface area contributed by atoms with Crippen molar-refractivity contribution in [3.63, 3.8) is 0 Å². The minimum Gasteiger partial charge on any atom is -0.493 e. The number of anilines is 1. The Bertz CT molecular complexity index is 557. The van der Waals surface area contributed by atoms with Gasteiger partial charge >= 0.3 is 0 Å². The summed E-state index contributed by atoms with van der Waals surface area (Å²) in [6, 6.07) is 6.64. The number of rotatable bonds is 7. The average molecular weight is 311 g/mol. The normalized spacial score (nSPS) is 14.2. The Balaban J connectivity index is 1.38. The van der Waals surface area contributed by atoms with Crippen molar-refractivity contribution >= 4 is 28.2 Å². The SMILES string of the molecule is Fc1ccc(OCCSc2nnc(NC3CC3)s2)cc1. The third kappa shape index (κ3) is 4.08. The lowest BCUT2D eigenvalue weighted by atomic mass is 10.3. The number of hydrogen-bond donors (Lipinski definition) is 1. The zero-order valence-corrected chi connectivity index (χ0v) is 12.3. The molecule has 1 saturated carbocycles. The van der Waals surface area contributed by atoms with Gasteiger partial charge in [0.05, 0.1) is 6.61 Å².